The minimum atomic E-state index is -0.0511. The largest absolute Gasteiger partial charge is 0.457 e. The summed E-state index contributed by atoms with van der Waals surface area (Å²) >= 11 is 1.91. The zero-order chi connectivity index (χ0) is 20.1. The summed E-state index contributed by atoms with van der Waals surface area (Å²) in [5.41, 5.74) is 0.768. The number of urea groups is 1. The van der Waals surface area contributed by atoms with E-state index in [0.29, 0.717) is 11.7 Å². The number of benzene rings is 2. The number of ether oxygens (including phenoxy) is 1. The molecule has 152 valence electrons. The number of nitrogens with one attached hydrogen (secondary N) is 3. The van der Waals surface area contributed by atoms with Crippen LogP contribution in [0.2, 0.25) is 0 Å². The van der Waals surface area contributed by atoms with Crippen LogP contribution in [0, 0.1) is 0 Å². The second kappa shape index (κ2) is 9.22. The molecule has 7 heteroatoms. The maximum Gasteiger partial charge on any atom is 0.315 e. The summed E-state index contributed by atoms with van der Waals surface area (Å²) in [7, 11) is 0. The topological polar surface area (TPSA) is 79.5 Å². The number of unbranched alkanes of at least 4 members (excludes halogenated alkanes) is 1. The Kier molecular flexibility index (Phi) is 6.24. The van der Waals surface area contributed by atoms with Crippen molar-refractivity contribution < 1.29 is 14.3 Å². The first-order chi connectivity index (χ1) is 14.2. The van der Waals surface area contributed by atoms with Crippen molar-refractivity contribution >= 4 is 29.4 Å². The molecule has 0 saturated carbocycles. The Hall–Kier alpha value is -2.67. The third-order valence-electron chi connectivity index (χ3n) is 5.20. The molecule has 4 rings (SSSR count). The number of amides is 3. The number of thioether (sulfide) groups is 1. The van der Waals surface area contributed by atoms with Crippen LogP contribution >= 0.6 is 11.8 Å². The van der Waals surface area contributed by atoms with Gasteiger partial charge in [-0.15, -0.1) is 0 Å². The number of fused-ring (bicyclic) bond motifs is 1. The summed E-state index contributed by atoms with van der Waals surface area (Å²) in [6, 6.07) is 17.4. The van der Waals surface area contributed by atoms with Gasteiger partial charge in [0.05, 0.1) is 12.1 Å². The van der Waals surface area contributed by atoms with E-state index in [0.717, 1.165) is 42.2 Å². The Morgan fingerprint density at radius 3 is 2.59 bits per heavy atom. The maximum atomic E-state index is 12.2. The van der Waals surface area contributed by atoms with Gasteiger partial charge in [-0.25, -0.2) is 4.79 Å². The fraction of sp³-hybridized carbons (Fsp3) is 0.364. The normalized spacial score (nSPS) is 22.5. The van der Waals surface area contributed by atoms with Crippen LogP contribution in [-0.4, -0.2) is 35.0 Å². The van der Waals surface area contributed by atoms with E-state index in [2.05, 4.69) is 16.0 Å². The molecule has 29 heavy (non-hydrogen) atoms. The maximum absolute atomic E-state index is 12.2. The molecule has 0 spiro atoms. The van der Waals surface area contributed by atoms with Crippen molar-refractivity contribution in [2.45, 2.75) is 43.0 Å². The molecule has 6 nitrogen and oxygen atoms in total. The lowest BCUT2D eigenvalue weighted by atomic mass is 10.0. The summed E-state index contributed by atoms with van der Waals surface area (Å²) in [5, 5.41) is 9.34. The van der Waals surface area contributed by atoms with E-state index >= 15 is 0 Å². The van der Waals surface area contributed by atoms with Crippen LogP contribution in [0.3, 0.4) is 0 Å². The summed E-state index contributed by atoms with van der Waals surface area (Å²) in [6.07, 6.45) is 3.34. The fourth-order valence-corrected chi connectivity index (χ4v) is 5.27. The molecular weight excluding hydrogens is 386 g/mol. The molecule has 2 aromatic carbocycles. The molecule has 0 aliphatic carbocycles. The van der Waals surface area contributed by atoms with Gasteiger partial charge in [0.15, 0.2) is 0 Å². The van der Waals surface area contributed by atoms with E-state index in [1.165, 1.54) is 0 Å². The molecule has 2 aromatic rings. The Morgan fingerprint density at radius 1 is 1.03 bits per heavy atom. The number of hydrogen-bond acceptors (Lipinski definition) is 4. The smallest absolute Gasteiger partial charge is 0.315 e. The molecule has 0 radical (unpaired) electrons. The number of hydrogen-bond donors (Lipinski definition) is 3. The number of anilines is 1. The zero-order valence-corrected chi connectivity index (χ0v) is 16.9. The predicted octanol–water partition coefficient (Wildman–Crippen LogP) is 4.14. The van der Waals surface area contributed by atoms with E-state index in [9.17, 15) is 9.59 Å². The standard InChI is InChI=1S/C22H25N3O3S/c26-20(9-5-4-8-19-21-18(14-29-19)24-22(27)25-21)23-15-10-12-17(13-11-15)28-16-6-2-1-3-7-16/h1-3,6-7,10-13,18-19,21H,4-5,8-9,14H2,(H,23,26)(H2,24,25,27)/t18-,19+,21+/m0/s1. The molecule has 0 unspecified atom stereocenters. The zero-order valence-electron chi connectivity index (χ0n) is 16.1. The van der Waals surface area contributed by atoms with Crippen molar-refractivity contribution in [2.24, 2.45) is 0 Å². The van der Waals surface area contributed by atoms with Gasteiger partial charge in [-0.3, -0.25) is 4.79 Å². The summed E-state index contributed by atoms with van der Waals surface area (Å²) in [4.78, 5) is 23.6. The van der Waals surface area contributed by atoms with Crippen LogP contribution < -0.4 is 20.7 Å². The highest BCUT2D eigenvalue weighted by Gasteiger charge is 2.42. The third-order valence-corrected chi connectivity index (χ3v) is 6.71. The molecule has 0 aromatic heterocycles. The lowest BCUT2D eigenvalue weighted by Crippen LogP contribution is -2.36. The van der Waals surface area contributed by atoms with Crippen molar-refractivity contribution in [1.29, 1.82) is 0 Å². The highest BCUT2D eigenvalue weighted by Crippen LogP contribution is 2.33. The second-order valence-corrected chi connectivity index (χ2v) is 8.63. The lowest BCUT2D eigenvalue weighted by molar-refractivity contribution is -0.116. The van der Waals surface area contributed by atoms with Crippen LogP contribution in [0.15, 0.2) is 54.6 Å². The van der Waals surface area contributed by atoms with Crippen molar-refractivity contribution in [3.8, 4) is 11.5 Å². The highest BCUT2D eigenvalue weighted by molar-refractivity contribution is 8.00. The number of para-hydroxylation sites is 1. The van der Waals surface area contributed by atoms with Crippen molar-refractivity contribution in [2.75, 3.05) is 11.1 Å². The first kappa shape index (κ1) is 19.6. The first-order valence-corrected chi connectivity index (χ1v) is 11.0. The Balaban J connectivity index is 1.16. The van der Waals surface area contributed by atoms with Crippen molar-refractivity contribution in [3.63, 3.8) is 0 Å². The molecular formula is C22H25N3O3S. The number of carbonyl (C=O) groups is 2. The van der Waals surface area contributed by atoms with Crippen molar-refractivity contribution in [1.82, 2.24) is 10.6 Å². The minimum absolute atomic E-state index is 0.0227. The van der Waals surface area contributed by atoms with E-state index in [1.807, 2.05) is 66.4 Å². The minimum Gasteiger partial charge on any atom is -0.457 e. The number of rotatable bonds is 8. The molecule has 0 bridgehead atoms. The fourth-order valence-electron chi connectivity index (χ4n) is 3.73. The average Bonchev–Trinajstić information content (AvgIpc) is 3.27. The van der Waals surface area contributed by atoms with Gasteiger partial charge in [0.25, 0.3) is 0 Å². The first-order valence-electron chi connectivity index (χ1n) is 9.99. The summed E-state index contributed by atoms with van der Waals surface area (Å²) in [5.74, 6) is 2.51. The average molecular weight is 412 g/mol. The van der Waals surface area contributed by atoms with Crippen molar-refractivity contribution in [3.05, 3.63) is 54.6 Å². The van der Waals surface area contributed by atoms with Gasteiger partial charge < -0.3 is 20.7 Å². The molecule has 2 aliphatic rings. The van der Waals surface area contributed by atoms with Gasteiger partial charge >= 0.3 is 6.03 Å². The molecule has 2 heterocycles. The highest BCUT2D eigenvalue weighted by atomic mass is 32.2. The van der Waals surface area contributed by atoms with Gasteiger partial charge in [-0.2, -0.15) is 11.8 Å². The van der Waals surface area contributed by atoms with Gasteiger partial charge in [0.2, 0.25) is 5.91 Å². The Labute approximate surface area is 174 Å². The second-order valence-electron chi connectivity index (χ2n) is 7.36. The van der Waals surface area contributed by atoms with Crippen LogP contribution in [0.25, 0.3) is 0 Å². The molecule has 3 amide bonds. The van der Waals surface area contributed by atoms with Crippen LogP contribution in [0.5, 0.6) is 11.5 Å². The Bertz CT molecular complexity index is 844. The third kappa shape index (κ3) is 5.23. The van der Waals surface area contributed by atoms with Crippen LogP contribution in [-0.2, 0) is 4.79 Å². The molecule has 2 saturated heterocycles. The summed E-state index contributed by atoms with van der Waals surface area (Å²) in [6.45, 7) is 0. The SMILES string of the molecule is O=C(CCCC[C@H]1SC[C@@H]2NC(=O)N[C@H]21)Nc1ccc(Oc2ccccc2)cc1. The van der Waals surface area contributed by atoms with Gasteiger partial charge in [-0.1, -0.05) is 24.6 Å². The van der Waals surface area contributed by atoms with Crippen LogP contribution in [0.4, 0.5) is 10.5 Å². The molecule has 2 fully saturated rings. The van der Waals surface area contributed by atoms with E-state index in [-0.39, 0.29) is 24.0 Å². The van der Waals surface area contributed by atoms with E-state index in [4.69, 9.17) is 4.74 Å². The van der Waals surface area contributed by atoms with Gasteiger partial charge in [0.1, 0.15) is 11.5 Å². The predicted molar refractivity (Wildman–Crippen MR) is 116 cm³/mol. The number of carbonyl (C=O) groups excluding carboxylic acids is 2. The quantitative estimate of drug-likeness (QED) is 0.450. The molecule has 3 N–H and O–H groups in total. The lowest BCUT2D eigenvalue weighted by Gasteiger charge is -2.16. The van der Waals surface area contributed by atoms with Crippen LogP contribution in [0.1, 0.15) is 25.7 Å². The van der Waals surface area contributed by atoms with Gasteiger partial charge in [0, 0.05) is 23.1 Å². The molecule has 2 aliphatic heterocycles. The Morgan fingerprint density at radius 2 is 1.79 bits per heavy atom. The monoisotopic (exact) mass is 411 g/mol. The van der Waals surface area contributed by atoms with E-state index in [1.54, 1.807) is 0 Å². The van der Waals surface area contributed by atoms with E-state index < -0.39 is 0 Å². The molecule has 3 atom stereocenters. The van der Waals surface area contributed by atoms with Gasteiger partial charge in [-0.05, 0) is 49.2 Å². The summed E-state index contributed by atoms with van der Waals surface area (Å²) < 4.78 is 5.76.